The van der Waals surface area contributed by atoms with Crippen molar-refractivity contribution >= 4 is 21.6 Å². The molecule has 2 aromatic rings. The summed E-state index contributed by atoms with van der Waals surface area (Å²) in [4.78, 5) is 3.96. The molecule has 1 saturated carbocycles. The van der Waals surface area contributed by atoms with Gasteiger partial charge < -0.3 is 4.57 Å². The molecule has 1 atom stereocenters. The maximum atomic E-state index is 12.8. The van der Waals surface area contributed by atoms with Crippen molar-refractivity contribution in [1.29, 1.82) is 0 Å². The number of hydrogen-bond donors (Lipinski definition) is 1. The molecule has 0 spiro atoms. The highest BCUT2D eigenvalue weighted by Crippen LogP contribution is 2.35. The Hall–Kier alpha value is -1.37. The van der Waals surface area contributed by atoms with Crippen molar-refractivity contribution in [2.75, 3.05) is 0 Å². The van der Waals surface area contributed by atoms with Crippen LogP contribution in [0.3, 0.4) is 0 Å². The van der Waals surface area contributed by atoms with Crippen molar-refractivity contribution in [3.05, 3.63) is 47.4 Å². The zero-order chi connectivity index (χ0) is 17.2. The number of nitrogens with zero attached hydrogens (tertiary/aromatic N) is 2. The predicted molar refractivity (Wildman–Crippen MR) is 94.3 cm³/mol. The summed E-state index contributed by atoms with van der Waals surface area (Å²) >= 11 is 6.09. The summed E-state index contributed by atoms with van der Waals surface area (Å²) < 4.78 is 30.0. The quantitative estimate of drug-likeness (QED) is 0.876. The average molecular weight is 368 g/mol. The number of sulfonamides is 1. The molecule has 1 unspecified atom stereocenters. The Morgan fingerprint density at radius 3 is 2.46 bits per heavy atom. The Labute approximate surface area is 148 Å². The van der Waals surface area contributed by atoms with E-state index in [-0.39, 0.29) is 16.2 Å². The van der Waals surface area contributed by atoms with Crippen molar-refractivity contribution in [3.8, 4) is 0 Å². The van der Waals surface area contributed by atoms with Gasteiger partial charge in [-0.2, -0.15) is 0 Å². The van der Waals surface area contributed by atoms with E-state index in [1.54, 1.807) is 7.05 Å². The molecule has 0 saturated heterocycles. The van der Waals surface area contributed by atoms with E-state index < -0.39 is 10.0 Å². The van der Waals surface area contributed by atoms with Crippen LogP contribution in [0.1, 0.15) is 43.7 Å². The van der Waals surface area contributed by atoms with Gasteiger partial charge in [-0.15, -0.1) is 0 Å². The van der Waals surface area contributed by atoms with Gasteiger partial charge in [0.15, 0.2) is 0 Å². The van der Waals surface area contributed by atoms with E-state index >= 15 is 0 Å². The average Bonchev–Trinajstić information content (AvgIpc) is 2.94. The molecule has 1 aromatic carbocycles. The summed E-state index contributed by atoms with van der Waals surface area (Å²) in [5, 5.41) is 0.0152. The Balaban J connectivity index is 1.92. The molecule has 1 aliphatic rings. The zero-order valence-corrected chi connectivity index (χ0v) is 15.2. The second-order valence-electron chi connectivity index (χ2n) is 6.36. The smallest absolute Gasteiger partial charge is 0.261 e. The lowest BCUT2D eigenvalue weighted by Crippen LogP contribution is -2.34. The molecule has 1 aromatic heterocycles. The predicted octanol–water partition coefficient (Wildman–Crippen LogP) is 3.67. The summed E-state index contributed by atoms with van der Waals surface area (Å²) in [5.74, 6) is 0.290. The molecule has 0 amide bonds. The first kappa shape index (κ1) is 17.5. The lowest BCUT2D eigenvalue weighted by atomic mass is 9.81. The van der Waals surface area contributed by atoms with Gasteiger partial charge in [-0.3, -0.25) is 0 Å². The molecule has 7 heteroatoms. The van der Waals surface area contributed by atoms with Crippen LogP contribution in [0.2, 0.25) is 5.15 Å². The number of rotatable bonds is 5. The summed E-state index contributed by atoms with van der Waals surface area (Å²) in [7, 11) is -2.11. The van der Waals surface area contributed by atoms with E-state index in [0.29, 0.717) is 5.92 Å². The molecular weight excluding hydrogens is 346 g/mol. The second kappa shape index (κ2) is 7.25. The monoisotopic (exact) mass is 367 g/mol. The normalized spacial score (nSPS) is 17.8. The fourth-order valence-electron chi connectivity index (χ4n) is 3.36. The van der Waals surface area contributed by atoms with Gasteiger partial charge in [0.1, 0.15) is 5.15 Å². The molecule has 1 fully saturated rings. The first-order valence-electron chi connectivity index (χ1n) is 8.23. The van der Waals surface area contributed by atoms with Gasteiger partial charge in [-0.1, -0.05) is 61.2 Å². The molecular formula is C17H22ClN3O2S. The third-order valence-electron chi connectivity index (χ3n) is 4.65. The summed E-state index contributed by atoms with van der Waals surface area (Å²) in [6, 6.07) is 9.50. The Kier molecular flexibility index (Phi) is 5.27. The number of halogens is 1. The van der Waals surface area contributed by atoms with Gasteiger partial charge in [0.25, 0.3) is 10.0 Å². The van der Waals surface area contributed by atoms with E-state index in [4.69, 9.17) is 11.6 Å². The molecule has 1 heterocycles. The Morgan fingerprint density at radius 1 is 1.21 bits per heavy atom. The maximum Gasteiger partial charge on any atom is 0.261 e. The maximum absolute atomic E-state index is 12.8. The molecule has 0 bridgehead atoms. The minimum atomic E-state index is -3.78. The number of aryl methyl sites for hydroxylation is 1. The van der Waals surface area contributed by atoms with Gasteiger partial charge in [-0.25, -0.2) is 18.1 Å². The lowest BCUT2D eigenvalue weighted by molar-refractivity contribution is 0.293. The van der Waals surface area contributed by atoms with E-state index in [1.807, 2.05) is 30.3 Å². The minimum absolute atomic E-state index is 0.108. The standard InChI is InChI=1S/C17H22ClN3O2S/c1-21-12-19-17(16(21)18)24(22,23)20-15(13-8-4-2-5-9-13)14-10-6-3-7-11-14/h2,4-5,8-9,12,14-15,20H,3,6-7,10-11H2,1H3. The van der Waals surface area contributed by atoms with Crippen LogP contribution < -0.4 is 4.72 Å². The number of hydrogen-bond acceptors (Lipinski definition) is 3. The van der Waals surface area contributed by atoms with Gasteiger partial charge in [0.05, 0.1) is 6.33 Å². The van der Waals surface area contributed by atoms with Crippen molar-refractivity contribution in [1.82, 2.24) is 14.3 Å². The van der Waals surface area contributed by atoms with Crippen molar-refractivity contribution in [2.45, 2.75) is 43.2 Å². The topological polar surface area (TPSA) is 64.0 Å². The van der Waals surface area contributed by atoms with Crippen LogP contribution in [0, 0.1) is 5.92 Å². The molecule has 3 rings (SSSR count). The van der Waals surface area contributed by atoms with Crippen LogP contribution >= 0.6 is 11.6 Å². The second-order valence-corrected chi connectivity index (χ2v) is 8.35. The summed E-state index contributed by atoms with van der Waals surface area (Å²) in [5.41, 5.74) is 0.986. The minimum Gasteiger partial charge on any atom is -0.324 e. The van der Waals surface area contributed by atoms with Crippen LogP contribution in [-0.4, -0.2) is 18.0 Å². The first-order valence-corrected chi connectivity index (χ1v) is 10.1. The molecule has 24 heavy (non-hydrogen) atoms. The van der Waals surface area contributed by atoms with Crippen molar-refractivity contribution < 1.29 is 8.42 Å². The number of imidazole rings is 1. The van der Waals surface area contributed by atoms with E-state index in [9.17, 15) is 8.42 Å². The number of aromatic nitrogens is 2. The van der Waals surface area contributed by atoms with Gasteiger partial charge >= 0.3 is 0 Å². The fraction of sp³-hybridized carbons (Fsp3) is 0.471. The van der Waals surface area contributed by atoms with E-state index in [1.165, 1.54) is 17.3 Å². The van der Waals surface area contributed by atoms with Crippen LogP contribution in [-0.2, 0) is 17.1 Å². The van der Waals surface area contributed by atoms with Crippen LogP contribution in [0.4, 0.5) is 0 Å². The molecule has 130 valence electrons. The lowest BCUT2D eigenvalue weighted by Gasteiger charge is -2.31. The molecule has 1 N–H and O–H groups in total. The zero-order valence-electron chi connectivity index (χ0n) is 13.7. The third-order valence-corrected chi connectivity index (χ3v) is 6.58. The van der Waals surface area contributed by atoms with Gasteiger partial charge in [0.2, 0.25) is 5.03 Å². The van der Waals surface area contributed by atoms with Gasteiger partial charge in [0, 0.05) is 13.1 Å². The van der Waals surface area contributed by atoms with Crippen molar-refractivity contribution in [3.63, 3.8) is 0 Å². The Bertz CT molecular complexity index is 783. The molecule has 0 aliphatic heterocycles. The SMILES string of the molecule is Cn1cnc(S(=O)(=O)NC(c2ccccc2)C2CCCCC2)c1Cl. The van der Waals surface area contributed by atoms with Crippen LogP contribution in [0.5, 0.6) is 0 Å². The highest BCUT2D eigenvalue weighted by Gasteiger charge is 2.31. The summed E-state index contributed by atoms with van der Waals surface area (Å²) in [6.07, 6.45) is 6.96. The Morgan fingerprint density at radius 2 is 1.88 bits per heavy atom. The summed E-state index contributed by atoms with van der Waals surface area (Å²) in [6.45, 7) is 0. The third kappa shape index (κ3) is 3.66. The van der Waals surface area contributed by atoms with Crippen LogP contribution in [0.15, 0.2) is 41.7 Å². The van der Waals surface area contributed by atoms with E-state index in [0.717, 1.165) is 31.2 Å². The highest BCUT2D eigenvalue weighted by atomic mass is 35.5. The number of benzene rings is 1. The van der Waals surface area contributed by atoms with Gasteiger partial charge in [-0.05, 0) is 24.3 Å². The largest absolute Gasteiger partial charge is 0.324 e. The van der Waals surface area contributed by atoms with Crippen LogP contribution in [0.25, 0.3) is 0 Å². The molecule has 5 nitrogen and oxygen atoms in total. The van der Waals surface area contributed by atoms with Crippen molar-refractivity contribution in [2.24, 2.45) is 13.0 Å². The highest BCUT2D eigenvalue weighted by molar-refractivity contribution is 7.89. The fourth-order valence-corrected chi connectivity index (χ4v) is 5.08. The van der Waals surface area contributed by atoms with E-state index in [2.05, 4.69) is 9.71 Å². The molecule has 0 radical (unpaired) electrons. The number of nitrogens with one attached hydrogen (secondary N) is 1. The first-order chi connectivity index (χ1) is 11.5. The molecule has 1 aliphatic carbocycles.